The van der Waals surface area contributed by atoms with Crippen molar-refractivity contribution in [3.63, 3.8) is 0 Å². The highest BCUT2D eigenvalue weighted by Crippen LogP contribution is 2.70. The largest absolute Gasteiger partial charge is 0.309 e. The quantitative estimate of drug-likeness (QED) is 0.167. The molecule has 340 valence electrons. The Morgan fingerprint density at radius 1 is 0.507 bits per heavy atom. The van der Waals surface area contributed by atoms with Crippen molar-refractivity contribution in [3.05, 3.63) is 210 Å². The van der Waals surface area contributed by atoms with E-state index in [1.165, 1.54) is 92.5 Å². The van der Waals surface area contributed by atoms with Crippen LogP contribution in [0, 0.1) is 35.0 Å². The topological polar surface area (TPSA) is 46.5 Å². The molecule has 0 atom stereocenters. The zero-order chi connectivity index (χ0) is 47.1. The summed E-state index contributed by atoms with van der Waals surface area (Å²) in [5.41, 5.74) is 21.0. The number of hydrogen-bond acceptors (Lipinski definition) is 2. The smallest absolute Gasteiger partial charge is 0.0998 e. The number of nitriles is 1. The van der Waals surface area contributed by atoms with E-state index in [1.807, 2.05) is 12.3 Å². The van der Waals surface area contributed by atoms with Crippen molar-refractivity contribution in [2.24, 2.45) is 23.7 Å². The third-order valence-electron chi connectivity index (χ3n) is 17.8. The Morgan fingerprint density at radius 3 is 1.82 bits per heavy atom. The molecule has 3 aromatic heterocycles. The molecule has 8 aromatic carbocycles. The molecule has 0 amide bonds. The van der Waals surface area contributed by atoms with Crippen LogP contribution in [0.25, 0.3) is 99.6 Å². The number of rotatable bonds is 6. The van der Waals surface area contributed by atoms with Crippen LogP contribution in [-0.4, -0.2) is 14.1 Å². The summed E-state index contributed by atoms with van der Waals surface area (Å²) in [5.74, 6) is 3.27. The Hall–Kier alpha value is -8.00. The first-order valence-electron chi connectivity index (χ1n) is 25.9. The van der Waals surface area contributed by atoms with Gasteiger partial charge in [-0.3, -0.25) is 4.98 Å². The summed E-state index contributed by atoms with van der Waals surface area (Å²) >= 11 is 0. The highest BCUT2D eigenvalue weighted by Gasteiger charge is 2.62. The van der Waals surface area contributed by atoms with E-state index < -0.39 is 0 Å². The number of aromatic nitrogens is 3. The number of pyridine rings is 1. The zero-order valence-corrected chi connectivity index (χ0v) is 40.1. The monoisotopic (exact) mass is 912 g/mol. The van der Waals surface area contributed by atoms with Crippen LogP contribution in [0.4, 0.5) is 0 Å². The van der Waals surface area contributed by atoms with Gasteiger partial charge in [0.15, 0.2) is 0 Å². The van der Waals surface area contributed by atoms with Crippen LogP contribution in [0.15, 0.2) is 188 Å². The van der Waals surface area contributed by atoms with Crippen LogP contribution < -0.4 is 0 Å². The van der Waals surface area contributed by atoms with Crippen molar-refractivity contribution in [1.82, 2.24) is 14.1 Å². The summed E-state index contributed by atoms with van der Waals surface area (Å²) in [4.78, 5) is 4.82. The maximum absolute atomic E-state index is 11.3. The molecule has 4 saturated carbocycles. The minimum absolute atomic E-state index is 0.0772. The summed E-state index contributed by atoms with van der Waals surface area (Å²) in [5, 5.41) is 16.2. The summed E-state index contributed by atoms with van der Waals surface area (Å²) in [6.45, 7) is 4.65. The van der Waals surface area contributed by atoms with E-state index in [9.17, 15) is 5.26 Å². The van der Waals surface area contributed by atoms with Gasteiger partial charge in [0.05, 0.1) is 45.1 Å². The maximum Gasteiger partial charge on any atom is 0.0998 e. The minimum atomic E-state index is -0.0772. The molecule has 0 saturated heterocycles. The molecule has 0 unspecified atom stereocenters. The minimum Gasteiger partial charge on any atom is -0.309 e. The molecule has 5 aliphatic carbocycles. The van der Waals surface area contributed by atoms with Gasteiger partial charge in [0.2, 0.25) is 0 Å². The van der Waals surface area contributed by atoms with E-state index in [-0.39, 0.29) is 5.41 Å². The van der Waals surface area contributed by atoms with Crippen molar-refractivity contribution >= 4 is 43.6 Å². The molecule has 0 aliphatic heterocycles. The molecular weight excluding hydrogens is 861 g/mol. The fourth-order valence-electron chi connectivity index (χ4n) is 15.0. The Morgan fingerprint density at radius 2 is 1.13 bits per heavy atom. The summed E-state index contributed by atoms with van der Waals surface area (Å²) in [6.07, 6.45) is 8.47. The van der Waals surface area contributed by atoms with E-state index in [1.54, 1.807) is 0 Å². The number of fused-ring (bicyclic) bond motifs is 9. The van der Waals surface area contributed by atoms with Crippen LogP contribution >= 0.6 is 0 Å². The molecule has 11 aromatic rings. The first kappa shape index (κ1) is 40.8. The van der Waals surface area contributed by atoms with Crippen molar-refractivity contribution < 1.29 is 0 Å². The summed E-state index contributed by atoms with van der Waals surface area (Å²) in [7, 11) is 0. The molecule has 0 radical (unpaired) electrons. The lowest BCUT2D eigenvalue weighted by atomic mass is 9.43. The standard InChI is InChI=1S/C67H52N4/c1-40(2)43-19-26-57-58(34-43)67(49-29-41-28-42(31-49)32-50(67)30-41)59-35-47(33-48(39-68)66(57)59)52-14-6-8-17-61(52)71-64-37-45(21-24-55(64)56-25-22-46(38-65(56)71)60-16-10-11-27-69-60)44-20-23-54-53-15-7-9-18-62(53)70(63(54)36-44)51-12-4-3-5-13-51/h3-27,33-38,40-42,49-50H,28-32H2,1-2H3. The first-order chi connectivity index (χ1) is 34.9. The highest BCUT2D eigenvalue weighted by atomic mass is 15.0. The summed E-state index contributed by atoms with van der Waals surface area (Å²) in [6, 6.07) is 70.3. The maximum atomic E-state index is 11.3. The molecule has 16 rings (SSSR count). The van der Waals surface area contributed by atoms with Gasteiger partial charge in [-0.25, -0.2) is 0 Å². The molecule has 0 N–H and O–H groups in total. The van der Waals surface area contributed by atoms with E-state index in [2.05, 4.69) is 205 Å². The number of nitrogens with zero attached hydrogens (tertiary/aromatic N) is 4. The van der Waals surface area contributed by atoms with Gasteiger partial charge in [0, 0.05) is 55.5 Å². The van der Waals surface area contributed by atoms with Gasteiger partial charge in [-0.1, -0.05) is 129 Å². The normalized spacial score (nSPS) is 20.7. The lowest BCUT2D eigenvalue weighted by Gasteiger charge is -2.61. The molecule has 4 heteroatoms. The van der Waals surface area contributed by atoms with Gasteiger partial charge < -0.3 is 9.13 Å². The fourth-order valence-corrected chi connectivity index (χ4v) is 15.0. The van der Waals surface area contributed by atoms with Crippen molar-refractivity contribution in [2.45, 2.75) is 57.3 Å². The van der Waals surface area contributed by atoms with Gasteiger partial charge in [-0.15, -0.1) is 0 Å². The van der Waals surface area contributed by atoms with E-state index >= 15 is 0 Å². The molecule has 4 fully saturated rings. The molecule has 71 heavy (non-hydrogen) atoms. The lowest BCUT2D eigenvalue weighted by Crippen LogP contribution is -2.55. The fraction of sp³-hybridized carbons (Fsp3) is 0.194. The highest BCUT2D eigenvalue weighted by molar-refractivity contribution is 6.13. The van der Waals surface area contributed by atoms with Gasteiger partial charge in [-0.05, 0) is 167 Å². The number of para-hydroxylation sites is 3. The Kier molecular flexibility index (Phi) is 8.77. The van der Waals surface area contributed by atoms with E-state index in [4.69, 9.17) is 4.98 Å². The van der Waals surface area contributed by atoms with Crippen molar-refractivity contribution in [3.8, 4) is 62.1 Å². The molecule has 4 bridgehead atoms. The molecular formula is C67H52N4. The second-order valence-electron chi connectivity index (χ2n) is 21.6. The van der Waals surface area contributed by atoms with Crippen LogP contribution in [0.5, 0.6) is 0 Å². The Labute approximate surface area is 414 Å². The Bertz CT molecular complexity index is 4020. The SMILES string of the molecule is CC(C)c1ccc2c(c1)C1(c3cc(-c4ccccc4-n4c5cc(-c6ccc7c8ccccc8n(-c8ccccc8)c7c6)ccc5c5ccc(-c6ccccn6)cc54)cc(C#N)c3-2)C2CC3CC(C2)CC1C3. The third-order valence-corrected chi connectivity index (χ3v) is 17.8. The van der Waals surface area contributed by atoms with Gasteiger partial charge in [0.25, 0.3) is 0 Å². The van der Waals surface area contributed by atoms with Gasteiger partial charge >= 0.3 is 0 Å². The van der Waals surface area contributed by atoms with E-state index in [0.29, 0.717) is 17.8 Å². The average Bonchev–Trinajstić information content (AvgIpc) is 4.04. The Balaban J connectivity index is 0.966. The second kappa shape index (κ2) is 15.2. The molecule has 4 nitrogen and oxygen atoms in total. The molecule has 5 aliphatic rings. The van der Waals surface area contributed by atoms with Gasteiger partial charge in [-0.2, -0.15) is 5.26 Å². The molecule has 3 heterocycles. The second-order valence-corrected chi connectivity index (χ2v) is 21.6. The van der Waals surface area contributed by atoms with Gasteiger partial charge in [0.1, 0.15) is 0 Å². The van der Waals surface area contributed by atoms with Crippen molar-refractivity contribution in [1.29, 1.82) is 5.26 Å². The van der Waals surface area contributed by atoms with Crippen molar-refractivity contribution in [2.75, 3.05) is 0 Å². The predicted octanol–water partition coefficient (Wildman–Crippen LogP) is 17.0. The third kappa shape index (κ3) is 5.81. The predicted molar refractivity (Wildman–Crippen MR) is 291 cm³/mol. The van der Waals surface area contributed by atoms with Crippen LogP contribution in [-0.2, 0) is 5.41 Å². The van der Waals surface area contributed by atoms with Crippen LogP contribution in [0.3, 0.4) is 0 Å². The van der Waals surface area contributed by atoms with Crippen LogP contribution in [0.1, 0.15) is 74.1 Å². The number of benzene rings is 8. The average molecular weight is 913 g/mol. The lowest BCUT2D eigenvalue weighted by molar-refractivity contribution is -0.0399. The first-order valence-corrected chi connectivity index (χ1v) is 25.9. The van der Waals surface area contributed by atoms with Crippen LogP contribution in [0.2, 0.25) is 0 Å². The van der Waals surface area contributed by atoms with E-state index in [0.717, 1.165) is 73.3 Å². The number of hydrogen-bond donors (Lipinski definition) is 0. The molecule has 1 spiro atoms. The summed E-state index contributed by atoms with van der Waals surface area (Å²) < 4.78 is 4.90. The zero-order valence-electron chi connectivity index (χ0n) is 40.1.